The Hall–Kier alpha value is -2.76. The maximum Gasteiger partial charge on any atom is 0.280 e. The Bertz CT molecular complexity index is 1020. The normalized spacial score (nSPS) is 12.3. The van der Waals surface area contributed by atoms with Gasteiger partial charge < -0.3 is 9.84 Å². The maximum atomic E-state index is 12.2. The molecule has 3 aromatic rings. The molecule has 2 N–H and O–H groups in total. The summed E-state index contributed by atoms with van der Waals surface area (Å²) in [4.78, 5) is 12.2. The lowest BCUT2D eigenvalue weighted by atomic mass is 10.0. The van der Waals surface area contributed by atoms with Crippen LogP contribution in [0.4, 0.5) is 0 Å². The van der Waals surface area contributed by atoms with Crippen molar-refractivity contribution in [2.24, 2.45) is 5.10 Å². The van der Waals surface area contributed by atoms with Crippen molar-refractivity contribution in [3.05, 3.63) is 70.2 Å². The average molecular weight is 403 g/mol. The molecule has 27 heavy (non-hydrogen) atoms. The van der Waals surface area contributed by atoms with Crippen LogP contribution in [0, 0.1) is 0 Å². The Balaban J connectivity index is 1.69. The average Bonchev–Trinajstić information content (AvgIpc) is 2.65. The molecule has 0 aliphatic rings. The molecule has 1 unspecified atom stereocenters. The molecule has 0 aliphatic carbocycles. The van der Waals surface area contributed by atoms with Crippen molar-refractivity contribution >= 4 is 46.1 Å². The SMILES string of the molecule is CC(Oc1ccc(Cl)cc1Cl)C(=O)N/N=C/c1c(O)ccc2ccccc12. The molecule has 7 heteroatoms. The fourth-order valence-corrected chi connectivity index (χ4v) is 2.94. The van der Waals surface area contributed by atoms with Gasteiger partial charge in [-0.3, -0.25) is 4.79 Å². The van der Waals surface area contributed by atoms with Gasteiger partial charge in [-0.05, 0) is 42.0 Å². The van der Waals surface area contributed by atoms with Crippen LogP contribution in [0.5, 0.6) is 11.5 Å². The summed E-state index contributed by atoms with van der Waals surface area (Å²) < 4.78 is 5.53. The van der Waals surface area contributed by atoms with Crippen LogP contribution in [0.1, 0.15) is 12.5 Å². The number of ether oxygens (including phenoxy) is 1. The van der Waals surface area contributed by atoms with Gasteiger partial charge in [0.1, 0.15) is 11.5 Å². The molecular weight excluding hydrogens is 387 g/mol. The molecule has 0 radical (unpaired) electrons. The van der Waals surface area contributed by atoms with E-state index in [1.54, 1.807) is 25.1 Å². The molecule has 1 amide bonds. The number of rotatable bonds is 5. The van der Waals surface area contributed by atoms with Crippen LogP contribution in [-0.2, 0) is 4.79 Å². The van der Waals surface area contributed by atoms with E-state index in [1.165, 1.54) is 12.3 Å². The molecule has 138 valence electrons. The Labute approximate surface area is 166 Å². The number of hydrogen-bond acceptors (Lipinski definition) is 4. The van der Waals surface area contributed by atoms with E-state index >= 15 is 0 Å². The molecule has 3 aromatic carbocycles. The molecule has 0 saturated carbocycles. The van der Waals surface area contributed by atoms with E-state index in [2.05, 4.69) is 10.5 Å². The van der Waals surface area contributed by atoms with E-state index in [9.17, 15) is 9.90 Å². The predicted octanol–water partition coefficient (Wildman–Crippen LogP) is 4.77. The van der Waals surface area contributed by atoms with Crippen LogP contribution in [0.15, 0.2) is 59.7 Å². The van der Waals surface area contributed by atoms with E-state index in [4.69, 9.17) is 27.9 Å². The lowest BCUT2D eigenvalue weighted by Crippen LogP contribution is -2.33. The highest BCUT2D eigenvalue weighted by Gasteiger charge is 2.16. The Kier molecular flexibility index (Phi) is 5.84. The van der Waals surface area contributed by atoms with Gasteiger partial charge in [0.15, 0.2) is 6.10 Å². The summed E-state index contributed by atoms with van der Waals surface area (Å²) in [5, 5.41) is 16.6. The minimum absolute atomic E-state index is 0.0731. The highest BCUT2D eigenvalue weighted by Crippen LogP contribution is 2.28. The molecule has 0 fully saturated rings. The van der Waals surface area contributed by atoms with Gasteiger partial charge >= 0.3 is 0 Å². The number of benzene rings is 3. The highest BCUT2D eigenvalue weighted by molar-refractivity contribution is 6.35. The molecular formula is C20H16Cl2N2O3. The molecule has 0 heterocycles. The van der Waals surface area contributed by atoms with Crippen LogP contribution in [-0.4, -0.2) is 23.3 Å². The second-order valence-corrected chi connectivity index (χ2v) is 6.63. The fraction of sp³-hybridized carbons (Fsp3) is 0.100. The molecule has 3 rings (SSSR count). The Morgan fingerprint density at radius 2 is 1.96 bits per heavy atom. The van der Waals surface area contributed by atoms with Crippen LogP contribution in [0.2, 0.25) is 10.0 Å². The number of phenolic OH excluding ortho intramolecular Hbond substituents is 1. The third kappa shape index (κ3) is 4.51. The third-order valence-electron chi connectivity index (χ3n) is 3.88. The summed E-state index contributed by atoms with van der Waals surface area (Å²) in [6.45, 7) is 1.57. The standard InChI is InChI=1S/C20H16Cl2N2O3/c1-12(27-19-9-7-14(21)10-17(19)22)20(26)24-23-11-16-15-5-3-2-4-13(15)6-8-18(16)25/h2-12,25H,1H3,(H,24,26)/b23-11+. The predicted molar refractivity (Wildman–Crippen MR) is 108 cm³/mol. The summed E-state index contributed by atoms with van der Waals surface area (Å²) in [7, 11) is 0. The zero-order valence-corrected chi connectivity index (χ0v) is 15.8. The summed E-state index contributed by atoms with van der Waals surface area (Å²) in [6.07, 6.45) is 0.569. The van der Waals surface area contributed by atoms with Crippen molar-refractivity contribution in [3.63, 3.8) is 0 Å². The second kappa shape index (κ2) is 8.29. The lowest BCUT2D eigenvalue weighted by Gasteiger charge is -2.14. The summed E-state index contributed by atoms with van der Waals surface area (Å²) in [5.74, 6) is -0.0414. The van der Waals surface area contributed by atoms with Crippen molar-refractivity contribution in [1.29, 1.82) is 0 Å². The molecule has 0 aromatic heterocycles. The minimum atomic E-state index is -0.832. The zero-order chi connectivity index (χ0) is 19.4. The van der Waals surface area contributed by atoms with Gasteiger partial charge in [-0.15, -0.1) is 0 Å². The third-order valence-corrected chi connectivity index (χ3v) is 4.41. The monoisotopic (exact) mass is 402 g/mol. The van der Waals surface area contributed by atoms with Crippen LogP contribution in [0.25, 0.3) is 10.8 Å². The molecule has 0 aliphatic heterocycles. The molecule has 1 atom stereocenters. The number of nitrogens with zero attached hydrogens (tertiary/aromatic N) is 1. The number of aromatic hydroxyl groups is 1. The van der Waals surface area contributed by atoms with E-state index < -0.39 is 12.0 Å². The van der Waals surface area contributed by atoms with E-state index in [-0.39, 0.29) is 5.75 Å². The van der Waals surface area contributed by atoms with Gasteiger partial charge in [0, 0.05) is 10.6 Å². The first-order chi connectivity index (χ1) is 13.0. The first kappa shape index (κ1) is 19.0. The number of amides is 1. The number of hydrazone groups is 1. The van der Waals surface area contributed by atoms with Crippen molar-refractivity contribution < 1.29 is 14.6 Å². The highest BCUT2D eigenvalue weighted by atomic mass is 35.5. The number of hydrogen-bond donors (Lipinski definition) is 2. The van der Waals surface area contributed by atoms with Gasteiger partial charge in [-0.2, -0.15) is 5.10 Å². The Morgan fingerprint density at radius 1 is 1.19 bits per heavy atom. The van der Waals surface area contributed by atoms with Gasteiger partial charge in [-0.25, -0.2) is 5.43 Å². The van der Waals surface area contributed by atoms with Gasteiger partial charge in [0.25, 0.3) is 5.91 Å². The topological polar surface area (TPSA) is 70.9 Å². The summed E-state index contributed by atoms with van der Waals surface area (Å²) >= 11 is 11.9. The molecule has 0 bridgehead atoms. The van der Waals surface area contributed by atoms with Crippen molar-refractivity contribution in [3.8, 4) is 11.5 Å². The van der Waals surface area contributed by atoms with Crippen LogP contribution < -0.4 is 10.2 Å². The Morgan fingerprint density at radius 3 is 2.74 bits per heavy atom. The summed E-state index contributed by atoms with van der Waals surface area (Å²) in [5.41, 5.74) is 2.92. The van der Waals surface area contributed by atoms with Gasteiger partial charge in [-0.1, -0.05) is 53.5 Å². The number of halogens is 2. The smallest absolute Gasteiger partial charge is 0.280 e. The number of carbonyl (C=O) groups is 1. The number of carbonyl (C=O) groups excluding carboxylic acids is 1. The molecule has 0 saturated heterocycles. The van der Waals surface area contributed by atoms with Crippen molar-refractivity contribution in [2.45, 2.75) is 13.0 Å². The summed E-state index contributed by atoms with van der Waals surface area (Å²) in [6, 6.07) is 15.7. The van der Waals surface area contributed by atoms with Crippen LogP contribution in [0.3, 0.4) is 0 Å². The van der Waals surface area contributed by atoms with E-state index in [0.717, 1.165) is 10.8 Å². The van der Waals surface area contributed by atoms with Crippen molar-refractivity contribution in [1.82, 2.24) is 5.43 Å². The zero-order valence-electron chi connectivity index (χ0n) is 14.3. The number of phenols is 1. The quantitative estimate of drug-likeness (QED) is 0.476. The maximum absolute atomic E-state index is 12.2. The lowest BCUT2D eigenvalue weighted by molar-refractivity contribution is -0.127. The first-order valence-electron chi connectivity index (χ1n) is 8.11. The first-order valence-corrected chi connectivity index (χ1v) is 8.86. The molecule has 5 nitrogen and oxygen atoms in total. The van der Waals surface area contributed by atoms with Gasteiger partial charge in [0.05, 0.1) is 11.2 Å². The largest absolute Gasteiger partial charge is 0.507 e. The van der Waals surface area contributed by atoms with Crippen LogP contribution >= 0.6 is 23.2 Å². The van der Waals surface area contributed by atoms with E-state index in [0.29, 0.717) is 21.4 Å². The minimum Gasteiger partial charge on any atom is -0.507 e. The number of fused-ring (bicyclic) bond motifs is 1. The fourth-order valence-electron chi connectivity index (χ4n) is 2.49. The van der Waals surface area contributed by atoms with Gasteiger partial charge in [0.2, 0.25) is 0 Å². The molecule has 0 spiro atoms. The van der Waals surface area contributed by atoms with Crippen molar-refractivity contribution in [2.75, 3.05) is 0 Å². The van der Waals surface area contributed by atoms with E-state index in [1.807, 2.05) is 30.3 Å². The second-order valence-electron chi connectivity index (χ2n) is 5.79. The number of nitrogens with one attached hydrogen (secondary N) is 1.